The summed E-state index contributed by atoms with van der Waals surface area (Å²) in [5, 5.41) is 0. The Kier molecular flexibility index (Phi) is 6.83. The molecule has 1 aliphatic carbocycles. The summed E-state index contributed by atoms with van der Waals surface area (Å²) in [6.07, 6.45) is 13.2. The molecule has 1 aromatic carbocycles. The molecular formula is C19H27O. The highest BCUT2D eigenvalue weighted by atomic mass is 16.1. The molecule has 20 heavy (non-hydrogen) atoms. The van der Waals surface area contributed by atoms with Crippen LogP contribution in [0.5, 0.6) is 0 Å². The van der Waals surface area contributed by atoms with Gasteiger partial charge in [0.05, 0.1) is 0 Å². The topological polar surface area (TPSA) is 17.1 Å². The SMILES string of the molecule is O=C(CCCCC[C]1CCCCC1)Cc1ccccc1. The lowest BCUT2D eigenvalue weighted by molar-refractivity contribution is -0.118. The van der Waals surface area contributed by atoms with Gasteiger partial charge in [-0.05, 0) is 37.2 Å². The number of unbranched alkanes of at least 4 members (excludes halogenated alkanes) is 2. The minimum atomic E-state index is 0.390. The van der Waals surface area contributed by atoms with Crippen LogP contribution in [0.2, 0.25) is 0 Å². The number of rotatable bonds is 8. The van der Waals surface area contributed by atoms with Crippen LogP contribution < -0.4 is 0 Å². The largest absolute Gasteiger partial charge is 0.299 e. The normalized spacial score (nSPS) is 16.2. The van der Waals surface area contributed by atoms with Crippen LogP contribution in [0.1, 0.15) is 69.8 Å². The summed E-state index contributed by atoms with van der Waals surface area (Å²) in [6, 6.07) is 10.1. The number of benzene rings is 1. The Balaban J connectivity index is 1.51. The third-order valence-electron chi connectivity index (χ3n) is 4.29. The highest BCUT2D eigenvalue weighted by Gasteiger charge is 2.13. The summed E-state index contributed by atoms with van der Waals surface area (Å²) in [4.78, 5) is 11.9. The number of hydrogen-bond donors (Lipinski definition) is 0. The molecule has 0 aromatic heterocycles. The van der Waals surface area contributed by atoms with Gasteiger partial charge in [-0.15, -0.1) is 0 Å². The van der Waals surface area contributed by atoms with Gasteiger partial charge in [0.15, 0.2) is 0 Å². The molecule has 109 valence electrons. The second-order valence-corrected chi connectivity index (χ2v) is 6.07. The maximum atomic E-state index is 11.9. The van der Waals surface area contributed by atoms with Crippen LogP contribution in [0.25, 0.3) is 0 Å². The first-order valence-corrected chi connectivity index (χ1v) is 8.24. The van der Waals surface area contributed by atoms with Gasteiger partial charge in [0, 0.05) is 12.8 Å². The fraction of sp³-hybridized carbons (Fsp3) is 0.579. The maximum absolute atomic E-state index is 11.9. The smallest absolute Gasteiger partial charge is 0.137 e. The molecule has 1 aliphatic rings. The first-order valence-electron chi connectivity index (χ1n) is 8.24. The zero-order valence-electron chi connectivity index (χ0n) is 12.6. The first kappa shape index (κ1) is 15.3. The van der Waals surface area contributed by atoms with Gasteiger partial charge in [-0.1, -0.05) is 62.4 Å². The van der Waals surface area contributed by atoms with Gasteiger partial charge >= 0.3 is 0 Å². The number of carbonyl (C=O) groups is 1. The summed E-state index contributed by atoms with van der Waals surface area (Å²) in [5.74, 6) is 2.17. The zero-order chi connectivity index (χ0) is 14.0. The molecule has 0 saturated heterocycles. The van der Waals surface area contributed by atoms with Gasteiger partial charge in [-0.25, -0.2) is 0 Å². The van der Waals surface area contributed by atoms with Gasteiger partial charge in [-0.3, -0.25) is 4.79 Å². The Bertz CT molecular complexity index is 376. The highest BCUT2D eigenvalue weighted by molar-refractivity contribution is 5.80. The standard InChI is InChI=1S/C19H27O/c20-19(16-18-13-7-2-8-14-18)15-9-3-6-12-17-10-4-1-5-11-17/h2,7-8,13-14H,1,3-6,9-12,15-16H2. The van der Waals surface area contributed by atoms with E-state index in [9.17, 15) is 4.79 Å². The van der Waals surface area contributed by atoms with Crippen LogP contribution >= 0.6 is 0 Å². The fourth-order valence-electron chi connectivity index (χ4n) is 3.09. The molecular weight excluding hydrogens is 244 g/mol. The van der Waals surface area contributed by atoms with Gasteiger partial charge in [-0.2, -0.15) is 0 Å². The average Bonchev–Trinajstić information content (AvgIpc) is 2.49. The van der Waals surface area contributed by atoms with Crippen molar-refractivity contribution in [2.24, 2.45) is 0 Å². The van der Waals surface area contributed by atoms with Crippen molar-refractivity contribution in [3.63, 3.8) is 0 Å². The number of Topliss-reactive ketones (excluding diaryl/α,β-unsaturated/α-hetero) is 1. The van der Waals surface area contributed by atoms with Crippen molar-refractivity contribution in [2.45, 2.75) is 70.6 Å². The second-order valence-electron chi connectivity index (χ2n) is 6.07. The Hall–Kier alpha value is -1.11. The minimum Gasteiger partial charge on any atom is -0.299 e. The van der Waals surface area contributed by atoms with Crippen LogP contribution in [-0.2, 0) is 11.2 Å². The summed E-state index contributed by atoms with van der Waals surface area (Å²) >= 11 is 0. The van der Waals surface area contributed by atoms with Crippen molar-refractivity contribution in [1.29, 1.82) is 0 Å². The quantitative estimate of drug-likeness (QED) is 0.587. The van der Waals surface area contributed by atoms with Crippen LogP contribution in [0.4, 0.5) is 0 Å². The molecule has 1 radical (unpaired) electrons. The molecule has 0 aliphatic heterocycles. The van der Waals surface area contributed by atoms with E-state index in [-0.39, 0.29) is 0 Å². The number of carbonyl (C=O) groups excluding carboxylic acids is 1. The minimum absolute atomic E-state index is 0.390. The van der Waals surface area contributed by atoms with Crippen molar-refractivity contribution < 1.29 is 4.79 Å². The van der Waals surface area contributed by atoms with E-state index in [0.717, 1.165) is 18.4 Å². The third kappa shape index (κ3) is 5.90. The zero-order valence-corrected chi connectivity index (χ0v) is 12.6. The van der Waals surface area contributed by atoms with Crippen LogP contribution in [0, 0.1) is 5.92 Å². The fourth-order valence-corrected chi connectivity index (χ4v) is 3.09. The van der Waals surface area contributed by atoms with E-state index >= 15 is 0 Å². The molecule has 0 amide bonds. The molecule has 1 aromatic rings. The van der Waals surface area contributed by atoms with Gasteiger partial charge in [0.2, 0.25) is 0 Å². The molecule has 0 bridgehead atoms. The lowest BCUT2D eigenvalue weighted by atomic mass is 9.85. The molecule has 0 heterocycles. The first-order chi connectivity index (χ1) is 9.84. The summed E-state index contributed by atoms with van der Waals surface area (Å²) in [5.41, 5.74) is 1.15. The number of hydrogen-bond acceptors (Lipinski definition) is 1. The van der Waals surface area contributed by atoms with Crippen molar-refractivity contribution >= 4 is 5.78 Å². The van der Waals surface area contributed by atoms with Crippen LogP contribution in [-0.4, -0.2) is 5.78 Å². The van der Waals surface area contributed by atoms with E-state index in [2.05, 4.69) is 0 Å². The highest BCUT2D eigenvalue weighted by Crippen LogP contribution is 2.29. The Morgan fingerprint density at radius 1 is 0.900 bits per heavy atom. The lowest BCUT2D eigenvalue weighted by Crippen LogP contribution is -2.04. The Morgan fingerprint density at radius 2 is 1.65 bits per heavy atom. The summed E-state index contributed by atoms with van der Waals surface area (Å²) in [7, 11) is 0. The molecule has 0 unspecified atom stereocenters. The molecule has 1 fully saturated rings. The van der Waals surface area contributed by atoms with Crippen molar-refractivity contribution in [2.75, 3.05) is 0 Å². The van der Waals surface area contributed by atoms with Gasteiger partial charge < -0.3 is 0 Å². The molecule has 1 heteroatoms. The van der Waals surface area contributed by atoms with E-state index in [1.807, 2.05) is 30.3 Å². The Morgan fingerprint density at radius 3 is 2.40 bits per heavy atom. The van der Waals surface area contributed by atoms with Crippen molar-refractivity contribution in [1.82, 2.24) is 0 Å². The monoisotopic (exact) mass is 271 g/mol. The van der Waals surface area contributed by atoms with Gasteiger partial charge in [0.1, 0.15) is 5.78 Å². The predicted molar refractivity (Wildman–Crippen MR) is 84.6 cm³/mol. The van der Waals surface area contributed by atoms with E-state index in [0.29, 0.717) is 12.2 Å². The molecule has 1 nitrogen and oxygen atoms in total. The van der Waals surface area contributed by atoms with E-state index in [4.69, 9.17) is 0 Å². The van der Waals surface area contributed by atoms with E-state index < -0.39 is 0 Å². The van der Waals surface area contributed by atoms with Crippen LogP contribution in [0.3, 0.4) is 0 Å². The van der Waals surface area contributed by atoms with Crippen molar-refractivity contribution in [3.8, 4) is 0 Å². The van der Waals surface area contributed by atoms with Crippen molar-refractivity contribution in [3.05, 3.63) is 41.8 Å². The van der Waals surface area contributed by atoms with E-state index in [1.165, 1.54) is 51.4 Å². The lowest BCUT2D eigenvalue weighted by Gasteiger charge is -2.20. The molecule has 1 saturated carbocycles. The number of ketones is 1. The Labute approximate surface area is 123 Å². The molecule has 2 rings (SSSR count). The van der Waals surface area contributed by atoms with E-state index in [1.54, 1.807) is 5.92 Å². The second kappa shape index (κ2) is 8.94. The predicted octanol–water partition coefficient (Wildman–Crippen LogP) is 5.29. The summed E-state index contributed by atoms with van der Waals surface area (Å²) < 4.78 is 0. The van der Waals surface area contributed by atoms with Gasteiger partial charge in [0.25, 0.3) is 0 Å². The maximum Gasteiger partial charge on any atom is 0.137 e. The molecule has 0 atom stereocenters. The summed E-state index contributed by atoms with van der Waals surface area (Å²) in [6.45, 7) is 0. The molecule has 0 spiro atoms. The van der Waals surface area contributed by atoms with Crippen LogP contribution in [0.15, 0.2) is 30.3 Å². The molecule has 0 N–H and O–H groups in total. The third-order valence-corrected chi connectivity index (χ3v) is 4.29. The average molecular weight is 271 g/mol.